The van der Waals surface area contributed by atoms with Gasteiger partial charge in [0.05, 0.1) is 23.8 Å². The molecule has 5 nitrogen and oxygen atoms in total. The van der Waals surface area contributed by atoms with E-state index in [4.69, 9.17) is 11.5 Å². The first kappa shape index (κ1) is 17.5. The molecule has 2 heterocycles. The summed E-state index contributed by atoms with van der Waals surface area (Å²) in [5, 5.41) is 4.26. The van der Waals surface area contributed by atoms with E-state index in [1.54, 1.807) is 29.1 Å². The lowest BCUT2D eigenvalue weighted by molar-refractivity contribution is -0.137. The molecule has 0 aliphatic rings. The third-order valence-corrected chi connectivity index (χ3v) is 3.87. The highest BCUT2D eigenvalue weighted by molar-refractivity contribution is 5.80. The topological polar surface area (TPSA) is 82.8 Å². The second kappa shape index (κ2) is 6.91. The van der Waals surface area contributed by atoms with Crippen LogP contribution in [-0.4, -0.2) is 14.8 Å². The van der Waals surface area contributed by atoms with Crippen LogP contribution in [0.4, 0.5) is 13.2 Å². The summed E-state index contributed by atoms with van der Waals surface area (Å²) in [6.07, 6.45) is 3.16. The predicted molar refractivity (Wildman–Crippen MR) is 93.6 cm³/mol. The smallest absolute Gasteiger partial charge is 0.405 e. The number of rotatable bonds is 4. The van der Waals surface area contributed by atoms with Gasteiger partial charge in [0.1, 0.15) is 5.52 Å². The summed E-state index contributed by atoms with van der Waals surface area (Å²) >= 11 is 0. The minimum absolute atomic E-state index is 0.363. The highest BCUT2D eigenvalue weighted by Gasteiger charge is 2.30. The summed E-state index contributed by atoms with van der Waals surface area (Å²) in [5.74, 6) is 0. The maximum Gasteiger partial charge on any atom is 0.416 e. The maximum atomic E-state index is 12.9. The number of aromatic nitrogens is 3. The molecule has 2 aromatic heterocycles. The first-order chi connectivity index (χ1) is 12.4. The van der Waals surface area contributed by atoms with Crippen LogP contribution in [-0.2, 0) is 12.7 Å². The lowest BCUT2D eigenvalue weighted by atomic mass is 10.0. The standard InChI is InChI=1S/C18H16F3N5/c19-18(20,21)15-3-1-2-13(6-15)14-7-17-16(24-9-14)10-25-26(17)11-12(8-23)4-5-22/h1-10H,11,22-23H2/b5-4-,12-8+. The Balaban J connectivity index is 2.03. The average Bonchev–Trinajstić information content (AvgIpc) is 3.03. The van der Waals surface area contributed by atoms with Gasteiger partial charge >= 0.3 is 6.18 Å². The highest BCUT2D eigenvalue weighted by Crippen LogP contribution is 2.32. The Bertz CT molecular complexity index is 986. The Morgan fingerprint density at radius 2 is 1.92 bits per heavy atom. The molecule has 1 aromatic carbocycles. The van der Waals surface area contributed by atoms with Crippen molar-refractivity contribution in [2.45, 2.75) is 12.7 Å². The number of hydrogen-bond acceptors (Lipinski definition) is 4. The van der Waals surface area contributed by atoms with E-state index in [0.29, 0.717) is 28.7 Å². The fourth-order valence-electron chi connectivity index (χ4n) is 2.57. The molecule has 0 saturated heterocycles. The van der Waals surface area contributed by atoms with Crippen LogP contribution in [0.2, 0.25) is 0 Å². The molecule has 0 atom stereocenters. The summed E-state index contributed by atoms with van der Waals surface area (Å²) < 4.78 is 40.5. The van der Waals surface area contributed by atoms with Crippen molar-refractivity contribution in [2.75, 3.05) is 0 Å². The minimum Gasteiger partial charge on any atom is -0.405 e. The fraction of sp³-hybridized carbons (Fsp3) is 0.111. The van der Waals surface area contributed by atoms with E-state index in [1.807, 2.05) is 0 Å². The quantitative estimate of drug-likeness (QED) is 0.699. The van der Waals surface area contributed by atoms with Gasteiger partial charge in [-0.05, 0) is 47.8 Å². The molecule has 4 N–H and O–H groups in total. The van der Waals surface area contributed by atoms with Crippen LogP contribution in [0.1, 0.15) is 5.56 Å². The van der Waals surface area contributed by atoms with Crippen molar-refractivity contribution in [1.82, 2.24) is 14.8 Å². The van der Waals surface area contributed by atoms with Crippen LogP contribution in [0.3, 0.4) is 0 Å². The molecule has 0 unspecified atom stereocenters. The first-order valence-corrected chi connectivity index (χ1v) is 7.70. The third-order valence-electron chi connectivity index (χ3n) is 3.87. The van der Waals surface area contributed by atoms with Crippen LogP contribution in [0, 0.1) is 0 Å². The largest absolute Gasteiger partial charge is 0.416 e. The average molecular weight is 359 g/mol. The summed E-state index contributed by atoms with van der Waals surface area (Å²) in [6.45, 7) is 0.363. The van der Waals surface area contributed by atoms with Gasteiger partial charge < -0.3 is 11.5 Å². The number of pyridine rings is 1. The first-order valence-electron chi connectivity index (χ1n) is 7.70. The molecule has 26 heavy (non-hydrogen) atoms. The zero-order valence-electron chi connectivity index (χ0n) is 13.6. The maximum absolute atomic E-state index is 12.9. The normalized spacial score (nSPS) is 13.0. The van der Waals surface area contributed by atoms with Crippen molar-refractivity contribution in [3.05, 3.63) is 72.3 Å². The monoisotopic (exact) mass is 359 g/mol. The number of hydrogen-bond donors (Lipinski definition) is 2. The van der Waals surface area contributed by atoms with Gasteiger partial charge in [0.15, 0.2) is 0 Å². The Kier molecular flexibility index (Phi) is 4.66. The number of allylic oxidation sites excluding steroid dienone is 2. The van der Waals surface area contributed by atoms with Crippen LogP contribution in [0.15, 0.2) is 66.8 Å². The van der Waals surface area contributed by atoms with E-state index in [2.05, 4.69) is 10.1 Å². The lowest BCUT2D eigenvalue weighted by Gasteiger charge is -2.09. The van der Waals surface area contributed by atoms with Crippen molar-refractivity contribution in [1.29, 1.82) is 0 Å². The van der Waals surface area contributed by atoms with Gasteiger partial charge in [0.2, 0.25) is 0 Å². The van der Waals surface area contributed by atoms with Gasteiger partial charge in [-0.2, -0.15) is 18.3 Å². The van der Waals surface area contributed by atoms with E-state index in [9.17, 15) is 13.2 Å². The van der Waals surface area contributed by atoms with Crippen molar-refractivity contribution in [3.63, 3.8) is 0 Å². The summed E-state index contributed by atoms with van der Waals surface area (Å²) in [7, 11) is 0. The summed E-state index contributed by atoms with van der Waals surface area (Å²) in [6, 6.07) is 6.89. The SMILES string of the molecule is N/C=C\C(=C/N)Cn1ncc2ncc(-c3cccc(C(F)(F)F)c3)cc21. The Hall–Kier alpha value is -3.29. The number of fused-ring (bicyclic) bond motifs is 1. The molecule has 0 spiro atoms. The third kappa shape index (κ3) is 3.53. The summed E-state index contributed by atoms with van der Waals surface area (Å²) in [4.78, 5) is 4.29. The van der Waals surface area contributed by atoms with Gasteiger partial charge in [0, 0.05) is 11.8 Å². The van der Waals surface area contributed by atoms with E-state index >= 15 is 0 Å². The van der Waals surface area contributed by atoms with Crippen molar-refractivity contribution in [3.8, 4) is 11.1 Å². The Labute approximate surface area is 147 Å². The van der Waals surface area contributed by atoms with Gasteiger partial charge in [0.25, 0.3) is 0 Å². The highest BCUT2D eigenvalue weighted by atomic mass is 19.4. The molecular weight excluding hydrogens is 343 g/mol. The van der Waals surface area contributed by atoms with Crippen LogP contribution in [0.25, 0.3) is 22.2 Å². The molecular formula is C18H16F3N5. The molecule has 0 aliphatic heterocycles. The van der Waals surface area contributed by atoms with Crippen LogP contribution in [0.5, 0.6) is 0 Å². The molecule has 134 valence electrons. The molecule has 0 aliphatic carbocycles. The van der Waals surface area contributed by atoms with E-state index in [1.165, 1.54) is 24.7 Å². The van der Waals surface area contributed by atoms with Gasteiger partial charge in [-0.3, -0.25) is 9.67 Å². The Morgan fingerprint density at radius 1 is 1.12 bits per heavy atom. The van der Waals surface area contributed by atoms with Crippen molar-refractivity contribution < 1.29 is 13.2 Å². The second-order valence-electron chi connectivity index (χ2n) is 5.61. The fourth-order valence-corrected chi connectivity index (χ4v) is 2.57. The Morgan fingerprint density at radius 3 is 2.62 bits per heavy atom. The molecule has 0 radical (unpaired) electrons. The molecule has 0 fully saturated rings. The van der Waals surface area contributed by atoms with Gasteiger partial charge in [-0.15, -0.1) is 0 Å². The molecule has 0 saturated carbocycles. The van der Waals surface area contributed by atoms with Gasteiger partial charge in [-0.1, -0.05) is 12.1 Å². The minimum atomic E-state index is -4.40. The number of halogens is 3. The molecule has 0 bridgehead atoms. The molecule has 3 aromatic rings. The van der Waals surface area contributed by atoms with E-state index < -0.39 is 11.7 Å². The van der Waals surface area contributed by atoms with Crippen LogP contribution >= 0.6 is 0 Å². The van der Waals surface area contributed by atoms with Crippen molar-refractivity contribution >= 4 is 11.0 Å². The molecule has 8 heteroatoms. The number of nitrogens with two attached hydrogens (primary N) is 2. The van der Waals surface area contributed by atoms with Crippen LogP contribution < -0.4 is 11.5 Å². The molecule has 0 amide bonds. The second-order valence-corrected chi connectivity index (χ2v) is 5.61. The molecule has 3 rings (SSSR count). The lowest BCUT2D eigenvalue weighted by Crippen LogP contribution is -2.05. The van der Waals surface area contributed by atoms with Crippen molar-refractivity contribution in [2.24, 2.45) is 11.5 Å². The number of nitrogens with zero attached hydrogens (tertiary/aromatic N) is 3. The number of benzene rings is 1. The van der Waals surface area contributed by atoms with Gasteiger partial charge in [-0.25, -0.2) is 0 Å². The summed E-state index contributed by atoms with van der Waals surface area (Å²) in [5.41, 5.74) is 13.3. The zero-order chi connectivity index (χ0) is 18.7. The van der Waals surface area contributed by atoms with E-state index in [-0.39, 0.29) is 0 Å². The van der Waals surface area contributed by atoms with E-state index in [0.717, 1.165) is 17.7 Å². The number of alkyl halides is 3. The predicted octanol–water partition coefficient (Wildman–Crippen LogP) is 3.43. The zero-order valence-corrected chi connectivity index (χ0v) is 13.6.